The first-order valence-corrected chi connectivity index (χ1v) is 6.44. The fourth-order valence-electron chi connectivity index (χ4n) is 2.70. The van der Waals surface area contributed by atoms with Crippen LogP contribution in [-0.2, 0) is 6.54 Å². The maximum atomic E-state index is 2.60. The quantitative estimate of drug-likeness (QED) is 0.790. The first kappa shape index (κ1) is 12.6. The molecule has 0 spiro atoms. The van der Waals surface area contributed by atoms with Crippen LogP contribution < -0.4 is 0 Å². The Kier molecular flexibility index (Phi) is 3.55. The average molecular weight is 232 g/mol. The summed E-state index contributed by atoms with van der Waals surface area (Å²) in [6.45, 7) is 6.96. The maximum absolute atomic E-state index is 2.60. The van der Waals surface area contributed by atoms with Crippen LogP contribution >= 0.6 is 0 Å². The van der Waals surface area contributed by atoms with E-state index in [4.69, 9.17) is 0 Å². The van der Waals surface area contributed by atoms with Crippen LogP contribution in [0.2, 0.25) is 0 Å². The van der Waals surface area contributed by atoms with Crippen molar-refractivity contribution in [3.8, 4) is 0 Å². The lowest BCUT2D eigenvalue weighted by molar-refractivity contribution is 0.165. The van der Waals surface area contributed by atoms with Crippen molar-refractivity contribution in [3.05, 3.63) is 35.9 Å². The highest BCUT2D eigenvalue weighted by molar-refractivity contribution is 5.15. The largest absolute Gasteiger partial charge is 0.305 e. The van der Waals surface area contributed by atoms with Gasteiger partial charge in [-0.05, 0) is 39.9 Å². The van der Waals surface area contributed by atoms with Gasteiger partial charge in [0, 0.05) is 24.7 Å². The summed E-state index contributed by atoms with van der Waals surface area (Å²) in [5.41, 5.74) is 1.73. The van der Waals surface area contributed by atoms with Gasteiger partial charge in [0.1, 0.15) is 0 Å². The molecule has 1 heterocycles. The van der Waals surface area contributed by atoms with Crippen molar-refractivity contribution in [2.45, 2.75) is 38.4 Å². The molecule has 94 valence electrons. The van der Waals surface area contributed by atoms with Crippen LogP contribution in [0.25, 0.3) is 0 Å². The Hall–Kier alpha value is -0.860. The summed E-state index contributed by atoms with van der Waals surface area (Å²) in [6, 6.07) is 11.5. The highest BCUT2D eigenvalue weighted by Crippen LogP contribution is 2.31. The normalized spacial score (nSPS) is 24.4. The third kappa shape index (κ3) is 2.88. The van der Waals surface area contributed by atoms with E-state index >= 15 is 0 Å². The fourth-order valence-corrected chi connectivity index (χ4v) is 2.70. The Balaban J connectivity index is 2.06. The molecule has 0 saturated carbocycles. The monoisotopic (exact) mass is 232 g/mol. The van der Waals surface area contributed by atoms with E-state index in [1.807, 2.05) is 0 Å². The Morgan fingerprint density at radius 1 is 1.24 bits per heavy atom. The van der Waals surface area contributed by atoms with Gasteiger partial charge < -0.3 is 4.90 Å². The van der Waals surface area contributed by atoms with Crippen LogP contribution in [0.4, 0.5) is 0 Å². The summed E-state index contributed by atoms with van der Waals surface area (Å²) in [5.74, 6) is 0. The summed E-state index contributed by atoms with van der Waals surface area (Å²) >= 11 is 0. The zero-order chi connectivity index (χ0) is 12.5. The summed E-state index contributed by atoms with van der Waals surface area (Å²) in [5, 5.41) is 0. The van der Waals surface area contributed by atoms with Crippen LogP contribution in [0.3, 0.4) is 0 Å². The van der Waals surface area contributed by atoms with Crippen molar-refractivity contribution in [3.63, 3.8) is 0 Å². The first-order valence-electron chi connectivity index (χ1n) is 6.44. The third-order valence-electron chi connectivity index (χ3n) is 3.97. The smallest absolute Gasteiger partial charge is 0.0239 e. The predicted molar refractivity (Wildman–Crippen MR) is 73.0 cm³/mol. The van der Waals surface area contributed by atoms with Crippen LogP contribution in [0.1, 0.15) is 25.8 Å². The van der Waals surface area contributed by atoms with Crippen LogP contribution in [-0.4, -0.2) is 42.0 Å². The third-order valence-corrected chi connectivity index (χ3v) is 3.97. The molecule has 0 amide bonds. The van der Waals surface area contributed by atoms with Gasteiger partial charge in [-0.1, -0.05) is 30.3 Å². The molecule has 0 aliphatic carbocycles. The molecule has 1 saturated heterocycles. The minimum absolute atomic E-state index is 0.310. The van der Waals surface area contributed by atoms with E-state index < -0.39 is 0 Å². The fraction of sp³-hybridized carbons (Fsp3) is 0.600. The summed E-state index contributed by atoms with van der Waals surface area (Å²) in [4.78, 5) is 4.96. The molecule has 1 aliphatic rings. The number of nitrogens with zero attached hydrogens (tertiary/aromatic N) is 2. The number of benzene rings is 1. The zero-order valence-electron chi connectivity index (χ0n) is 11.5. The summed E-state index contributed by atoms with van der Waals surface area (Å²) in [7, 11) is 4.37. The van der Waals surface area contributed by atoms with E-state index in [1.54, 1.807) is 0 Å². The van der Waals surface area contributed by atoms with Crippen molar-refractivity contribution < 1.29 is 0 Å². The molecule has 1 fully saturated rings. The molecule has 1 atom stereocenters. The van der Waals surface area contributed by atoms with Gasteiger partial charge in [-0.3, -0.25) is 4.90 Å². The van der Waals surface area contributed by atoms with Gasteiger partial charge in [-0.25, -0.2) is 0 Å². The number of hydrogen-bond donors (Lipinski definition) is 0. The first-order chi connectivity index (χ1) is 7.99. The second-order valence-electron chi connectivity index (χ2n) is 6.00. The molecule has 0 radical (unpaired) electrons. The zero-order valence-corrected chi connectivity index (χ0v) is 11.5. The Bertz CT molecular complexity index is 356. The topological polar surface area (TPSA) is 6.48 Å². The minimum atomic E-state index is 0.310. The van der Waals surface area contributed by atoms with Crippen molar-refractivity contribution >= 4 is 0 Å². The van der Waals surface area contributed by atoms with Crippen LogP contribution in [0, 0.1) is 0 Å². The highest BCUT2D eigenvalue weighted by atomic mass is 15.3. The molecular weight excluding hydrogens is 208 g/mol. The number of likely N-dealkylation sites (N-methyl/N-ethyl adjacent to an activating group) is 1. The molecule has 1 aromatic rings. The lowest BCUT2D eigenvalue weighted by Crippen LogP contribution is -2.37. The molecule has 1 unspecified atom stereocenters. The Morgan fingerprint density at radius 2 is 1.88 bits per heavy atom. The van der Waals surface area contributed by atoms with E-state index in [9.17, 15) is 0 Å². The molecule has 1 aromatic carbocycles. The summed E-state index contributed by atoms with van der Waals surface area (Å²) < 4.78 is 0. The number of likely N-dealkylation sites (tertiary alicyclic amines) is 1. The molecule has 2 nitrogen and oxygen atoms in total. The average Bonchev–Trinajstić information content (AvgIpc) is 2.56. The molecule has 2 rings (SSSR count). The van der Waals surface area contributed by atoms with Gasteiger partial charge in [0.2, 0.25) is 0 Å². The lowest BCUT2D eigenvalue weighted by Gasteiger charge is -2.31. The van der Waals surface area contributed by atoms with Gasteiger partial charge in [0.15, 0.2) is 0 Å². The standard InChI is InChI=1S/C15H24N2/c1-15(2)10-14(16(3)4)12-17(15)11-13-8-6-5-7-9-13/h5-9,14H,10-12H2,1-4H3. The van der Waals surface area contributed by atoms with Gasteiger partial charge in [-0.15, -0.1) is 0 Å². The second-order valence-corrected chi connectivity index (χ2v) is 6.00. The van der Waals surface area contributed by atoms with E-state index in [-0.39, 0.29) is 0 Å². The van der Waals surface area contributed by atoms with Gasteiger partial charge in [-0.2, -0.15) is 0 Å². The predicted octanol–water partition coefficient (Wildman–Crippen LogP) is 2.60. The van der Waals surface area contributed by atoms with E-state index in [2.05, 4.69) is 68.1 Å². The van der Waals surface area contributed by atoms with Gasteiger partial charge >= 0.3 is 0 Å². The van der Waals surface area contributed by atoms with Crippen molar-refractivity contribution in [2.24, 2.45) is 0 Å². The van der Waals surface area contributed by atoms with Gasteiger partial charge in [0.25, 0.3) is 0 Å². The van der Waals surface area contributed by atoms with Crippen LogP contribution in [0.5, 0.6) is 0 Å². The SMILES string of the molecule is CN(C)C1CN(Cc2ccccc2)C(C)(C)C1. The maximum Gasteiger partial charge on any atom is 0.0239 e. The molecule has 17 heavy (non-hydrogen) atoms. The number of hydrogen-bond acceptors (Lipinski definition) is 2. The molecule has 2 heteroatoms. The van der Waals surface area contributed by atoms with E-state index in [1.165, 1.54) is 18.5 Å². The van der Waals surface area contributed by atoms with Crippen molar-refractivity contribution in [2.75, 3.05) is 20.6 Å². The second kappa shape index (κ2) is 4.79. The summed E-state index contributed by atoms with van der Waals surface area (Å²) in [6.07, 6.45) is 1.26. The van der Waals surface area contributed by atoms with E-state index in [0.29, 0.717) is 11.6 Å². The van der Waals surface area contributed by atoms with Gasteiger partial charge in [0.05, 0.1) is 0 Å². The number of rotatable bonds is 3. The van der Waals surface area contributed by atoms with Crippen molar-refractivity contribution in [1.29, 1.82) is 0 Å². The van der Waals surface area contributed by atoms with Crippen molar-refractivity contribution in [1.82, 2.24) is 9.80 Å². The van der Waals surface area contributed by atoms with E-state index in [0.717, 1.165) is 6.54 Å². The molecule has 0 aromatic heterocycles. The molecule has 0 bridgehead atoms. The minimum Gasteiger partial charge on any atom is -0.305 e. The Morgan fingerprint density at radius 3 is 2.41 bits per heavy atom. The van der Waals surface area contributed by atoms with Crippen LogP contribution in [0.15, 0.2) is 30.3 Å². The molecule has 0 N–H and O–H groups in total. The lowest BCUT2D eigenvalue weighted by atomic mass is 9.99. The molecular formula is C15H24N2. The highest BCUT2D eigenvalue weighted by Gasteiger charge is 2.38. The Labute approximate surface area is 105 Å². The molecule has 1 aliphatic heterocycles.